The molecule has 0 aliphatic carbocycles. The number of halogens is 3. The lowest BCUT2D eigenvalue weighted by Gasteiger charge is -2.29. The quantitative estimate of drug-likeness (QED) is 0.436. The minimum absolute atomic E-state index is 0.0779. The number of aromatic hydroxyl groups is 1. The average Bonchev–Trinajstić information content (AvgIpc) is 2.87. The van der Waals surface area contributed by atoms with Gasteiger partial charge in [0.15, 0.2) is 17.3 Å². The number of alkyl halides is 3. The molecule has 6 nitrogen and oxygen atoms in total. The molecule has 1 N–H and O–H groups in total. The predicted octanol–water partition coefficient (Wildman–Crippen LogP) is 5.23. The molecule has 1 aromatic heterocycles. The third-order valence-electron chi connectivity index (χ3n) is 6.12. The van der Waals surface area contributed by atoms with Crippen LogP contribution in [0.4, 0.5) is 13.2 Å². The van der Waals surface area contributed by atoms with Crippen molar-refractivity contribution in [1.29, 1.82) is 0 Å². The normalized spacial score (nSPS) is 13.5. The summed E-state index contributed by atoms with van der Waals surface area (Å²) in [5.74, 6) is 0.305. The van der Waals surface area contributed by atoms with E-state index in [0.717, 1.165) is 23.3 Å². The smallest absolute Gasteiger partial charge is 0.416 e. The second kappa shape index (κ2) is 8.57. The number of phenols is 1. The van der Waals surface area contributed by atoms with E-state index < -0.39 is 11.7 Å². The Hall–Kier alpha value is -4.14. The van der Waals surface area contributed by atoms with Crippen LogP contribution in [0.1, 0.15) is 27.2 Å². The van der Waals surface area contributed by atoms with Gasteiger partial charge in [0.1, 0.15) is 5.69 Å². The third-order valence-corrected chi connectivity index (χ3v) is 6.12. The van der Waals surface area contributed by atoms with E-state index in [2.05, 4.69) is 9.97 Å². The molecule has 0 unspecified atom stereocenters. The van der Waals surface area contributed by atoms with E-state index in [1.807, 2.05) is 6.07 Å². The van der Waals surface area contributed by atoms with Gasteiger partial charge in [-0.1, -0.05) is 36.4 Å². The summed E-state index contributed by atoms with van der Waals surface area (Å²) < 4.78 is 44.1. The fraction of sp³-hybridized carbons (Fsp3) is 0.192. The first-order chi connectivity index (χ1) is 16.8. The molecule has 0 spiro atoms. The number of aromatic nitrogens is 2. The van der Waals surface area contributed by atoms with Crippen molar-refractivity contribution < 1.29 is 27.8 Å². The Morgan fingerprint density at radius 2 is 1.77 bits per heavy atom. The number of fused-ring (bicyclic) bond motifs is 2. The molecule has 2 heterocycles. The van der Waals surface area contributed by atoms with Crippen LogP contribution in [0.3, 0.4) is 0 Å². The molecule has 1 aliphatic heterocycles. The topological polar surface area (TPSA) is 75.6 Å². The number of phenolic OH excluding ortho intramolecular Hbond substituents is 1. The van der Waals surface area contributed by atoms with Crippen molar-refractivity contribution in [2.45, 2.75) is 19.1 Å². The summed E-state index contributed by atoms with van der Waals surface area (Å²) in [6.07, 6.45) is -4.01. The highest BCUT2D eigenvalue weighted by Crippen LogP contribution is 2.36. The summed E-state index contributed by atoms with van der Waals surface area (Å²) in [6.45, 7) is 0.639. The van der Waals surface area contributed by atoms with E-state index >= 15 is 0 Å². The van der Waals surface area contributed by atoms with Gasteiger partial charge in [0.25, 0.3) is 5.91 Å². The van der Waals surface area contributed by atoms with E-state index in [4.69, 9.17) is 4.74 Å². The number of hydrogen-bond acceptors (Lipinski definition) is 5. The molecule has 0 bridgehead atoms. The zero-order chi connectivity index (χ0) is 24.7. The van der Waals surface area contributed by atoms with Gasteiger partial charge in [0.05, 0.1) is 18.2 Å². The summed E-state index contributed by atoms with van der Waals surface area (Å²) >= 11 is 0. The van der Waals surface area contributed by atoms with Crippen LogP contribution in [0.25, 0.3) is 22.3 Å². The molecule has 0 atom stereocenters. The number of hydrogen-bond donors (Lipinski definition) is 1. The maximum absolute atomic E-state index is 13.6. The van der Waals surface area contributed by atoms with Crippen LogP contribution in [-0.4, -0.2) is 39.5 Å². The zero-order valence-electron chi connectivity index (χ0n) is 18.6. The van der Waals surface area contributed by atoms with Crippen LogP contribution in [0.5, 0.6) is 11.5 Å². The third kappa shape index (κ3) is 4.14. The zero-order valence-corrected chi connectivity index (χ0v) is 18.6. The molecule has 35 heavy (non-hydrogen) atoms. The number of methoxy groups -OCH3 is 1. The Morgan fingerprint density at radius 3 is 2.49 bits per heavy atom. The highest BCUT2D eigenvalue weighted by molar-refractivity contribution is 6.05. The van der Waals surface area contributed by atoms with E-state index in [-0.39, 0.29) is 29.7 Å². The monoisotopic (exact) mass is 479 g/mol. The molecule has 9 heteroatoms. The number of carbonyl (C=O) groups excluding carboxylic acids is 1. The van der Waals surface area contributed by atoms with Crippen molar-refractivity contribution in [3.63, 3.8) is 0 Å². The minimum Gasteiger partial charge on any atom is -0.504 e. The van der Waals surface area contributed by atoms with E-state index in [1.165, 1.54) is 19.2 Å². The van der Waals surface area contributed by atoms with Crippen molar-refractivity contribution in [2.75, 3.05) is 13.7 Å². The van der Waals surface area contributed by atoms with Crippen molar-refractivity contribution in [3.8, 4) is 22.9 Å². The van der Waals surface area contributed by atoms with Crippen molar-refractivity contribution in [3.05, 3.63) is 83.0 Å². The number of rotatable bonds is 3. The first-order valence-corrected chi connectivity index (χ1v) is 10.9. The van der Waals surface area contributed by atoms with Gasteiger partial charge in [-0.3, -0.25) is 4.79 Å². The molecule has 178 valence electrons. The summed E-state index contributed by atoms with van der Waals surface area (Å²) in [4.78, 5) is 24.2. The fourth-order valence-corrected chi connectivity index (χ4v) is 4.28. The van der Waals surface area contributed by atoms with E-state index in [0.29, 0.717) is 35.2 Å². The molecular weight excluding hydrogens is 459 g/mol. The summed E-state index contributed by atoms with van der Waals surface area (Å²) in [6, 6.07) is 15.0. The van der Waals surface area contributed by atoms with Gasteiger partial charge in [-0.15, -0.1) is 0 Å². The molecule has 5 rings (SSSR count). The van der Waals surface area contributed by atoms with Crippen LogP contribution in [0.2, 0.25) is 0 Å². The molecular formula is C26H20F3N3O3. The molecule has 4 aromatic rings. The van der Waals surface area contributed by atoms with Gasteiger partial charge in [-0.05, 0) is 36.2 Å². The SMILES string of the molecule is COc1ccc2c(c1O)CCN(C(=O)c1nc(-c3ccc(C(F)(F)F)cc3)nc3ccccc13)C2. The fourth-order valence-electron chi connectivity index (χ4n) is 4.28. The van der Waals surface area contributed by atoms with Crippen LogP contribution < -0.4 is 4.74 Å². The summed E-state index contributed by atoms with van der Waals surface area (Å²) in [7, 11) is 1.48. The maximum atomic E-state index is 13.6. The van der Waals surface area contributed by atoms with Crippen LogP contribution in [0, 0.1) is 0 Å². The number of para-hydroxylation sites is 1. The highest BCUT2D eigenvalue weighted by Gasteiger charge is 2.30. The van der Waals surface area contributed by atoms with Gasteiger partial charge < -0.3 is 14.7 Å². The first kappa shape index (κ1) is 22.6. The van der Waals surface area contributed by atoms with E-state index in [1.54, 1.807) is 35.2 Å². The van der Waals surface area contributed by atoms with Gasteiger partial charge >= 0.3 is 6.18 Å². The van der Waals surface area contributed by atoms with Crippen molar-refractivity contribution >= 4 is 16.8 Å². The van der Waals surface area contributed by atoms with Crippen LogP contribution in [0.15, 0.2) is 60.7 Å². The highest BCUT2D eigenvalue weighted by atomic mass is 19.4. The van der Waals surface area contributed by atoms with Gasteiger partial charge in [0.2, 0.25) is 0 Å². The molecule has 1 amide bonds. The lowest BCUT2D eigenvalue weighted by molar-refractivity contribution is -0.137. The van der Waals surface area contributed by atoms with Gasteiger partial charge in [0, 0.05) is 29.6 Å². The molecule has 1 aliphatic rings. The number of ether oxygens (including phenoxy) is 1. The van der Waals surface area contributed by atoms with Crippen molar-refractivity contribution in [2.24, 2.45) is 0 Å². The number of carbonyl (C=O) groups is 1. The second-order valence-corrected chi connectivity index (χ2v) is 8.22. The Bertz CT molecular complexity index is 1440. The average molecular weight is 479 g/mol. The summed E-state index contributed by atoms with van der Waals surface area (Å²) in [5, 5.41) is 11.0. The van der Waals surface area contributed by atoms with Crippen molar-refractivity contribution in [1.82, 2.24) is 14.9 Å². The molecule has 0 fully saturated rings. The Morgan fingerprint density at radius 1 is 1.03 bits per heavy atom. The minimum atomic E-state index is -4.45. The second-order valence-electron chi connectivity index (χ2n) is 8.22. The Labute approximate surface area is 198 Å². The Kier molecular flexibility index (Phi) is 5.55. The predicted molar refractivity (Wildman–Crippen MR) is 123 cm³/mol. The first-order valence-electron chi connectivity index (χ1n) is 10.9. The van der Waals surface area contributed by atoms with E-state index in [9.17, 15) is 23.1 Å². The maximum Gasteiger partial charge on any atom is 0.416 e. The lowest BCUT2D eigenvalue weighted by atomic mass is 9.97. The lowest BCUT2D eigenvalue weighted by Crippen LogP contribution is -2.36. The standard InChI is InChI=1S/C26H20F3N3O3/c1-35-21-11-8-16-14-32(13-12-18(16)23(21)33)25(34)22-19-4-2-3-5-20(19)30-24(31-22)15-6-9-17(10-7-15)26(27,28)29/h2-11,33H,12-14H2,1H3. The van der Waals surface area contributed by atoms with Gasteiger partial charge in [-0.25, -0.2) is 9.97 Å². The number of amides is 1. The Balaban J connectivity index is 1.53. The molecule has 0 saturated heterocycles. The molecule has 3 aromatic carbocycles. The number of nitrogens with zero attached hydrogens (tertiary/aromatic N) is 3. The van der Waals surface area contributed by atoms with Gasteiger partial charge in [-0.2, -0.15) is 13.2 Å². The summed E-state index contributed by atoms with van der Waals surface area (Å²) in [5.41, 5.74) is 1.84. The molecule has 0 radical (unpaired) electrons. The van der Waals surface area contributed by atoms with Crippen LogP contribution in [-0.2, 0) is 19.1 Å². The molecule has 0 saturated carbocycles. The van der Waals surface area contributed by atoms with Crippen LogP contribution >= 0.6 is 0 Å². The number of benzene rings is 3. The largest absolute Gasteiger partial charge is 0.504 e.